The number of hydrogen-bond acceptors (Lipinski definition) is 4. The zero-order valence-corrected chi connectivity index (χ0v) is 15.2. The van der Waals surface area contributed by atoms with Gasteiger partial charge in [0.15, 0.2) is 18.9 Å². The Morgan fingerprint density at radius 1 is 1.19 bits per heavy atom. The number of rotatable bonds is 6. The molecular formula is C16H17ClF3N4O3+. The van der Waals surface area contributed by atoms with Gasteiger partial charge in [0.2, 0.25) is 0 Å². The Hall–Kier alpha value is -2.59. The number of aryl methyl sites for hydroxylation is 1. The van der Waals surface area contributed by atoms with E-state index in [1.165, 1.54) is 6.07 Å². The molecule has 0 saturated carbocycles. The maximum Gasteiger partial charge on any atom is 0.417 e. The molecule has 0 spiro atoms. The number of aromatic nitrogens is 1. The first-order valence-corrected chi connectivity index (χ1v) is 8.13. The van der Waals surface area contributed by atoms with Crippen molar-refractivity contribution < 1.29 is 32.2 Å². The SMILES string of the molecule is Cc1cc(NC(=O)C[NH+](C)CC(=O)Nc2ccc(Cl)c(C(F)(F)F)c2)no1. The van der Waals surface area contributed by atoms with E-state index in [4.69, 9.17) is 16.1 Å². The van der Waals surface area contributed by atoms with Crippen LogP contribution in [-0.4, -0.2) is 37.1 Å². The Morgan fingerprint density at radius 2 is 1.81 bits per heavy atom. The molecule has 2 rings (SSSR count). The Morgan fingerprint density at radius 3 is 2.37 bits per heavy atom. The van der Waals surface area contributed by atoms with Crippen molar-refractivity contribution in [1.82, 2.24) is 5.16 Å². The third kappa shape index (κ3) is 6.26. The van der Waals surface area contributed by atoms with Gasteiger partial charge in [-0.3, -0.25) is 9.59 Å². The fourth-order valence-electron chi connectivity index (χ4n) is 2.25. The summed E-state index contributed by atoms with van der Waals surface area (Å²) in [5.74, 6) is -0.144. The van der Waals surface area contributed by atoms with E-state index in [0.29, 0.717) is 10.7 Å². The molecule has 2 amide bonds. The molecule has 1 atom stereocenters. The number of nitrogens with one attached hydrogen (secondary N) is 3. The van der Waals surface area contributed by atoms with Crippen LogP contribution in [0.25, 0.3) is 0 Å². The van der Waals surface area contributed by atoms with Gasteiger partial charge in [-0.2, -0.15) is 13.2 Å². The summed E-state index contributed by atoms with van der Waals surface area (Å²) < 4.78 is 43.3. The molecular weight excluding hydrogens is 389 g/mol. The molecule has 1 aromatic heterocycles. The van der Waals surface area contributed by atoms with Crippen LogP contribution in [0.15, 0.2) is 28.8 Å². The number of anilines is 2. The lowest BCUT2D eigenvalue weighted by Crippen LogP contribution is -3.11. The highest BCUT2D eigenvalue weighted by atomic mass is 35.5. The van der Waals surface area contributed by atoms with Crippen molar-refractivity contribution in [1.29, 1.82) is 0 Å². The fraction of sp³-hybridized carbons (Fsp3) is 0.312. The Labute approximate surface area is 157 Å². The van der Waals surface area contributed by atoms with E-state index >= 15 is 0 Å². The molecule has 0 bridgehead atoms. The van der Waals surface area contributed by atoms with E-state index in [9.17, 15) is 22.8 Å². The molecule has 0 aliphatic heterocycles. The lowest BCUT2D eigenvalue weighted by atomic mass is 10.2. The number of alkyl halides is 3. The molecule has 7 nitrogen and oxygen atoms in total. The van der Waals surface area contributed by atoms with E-state index in [2.05, 4.69) is 15.8 Å². The summed E-state index contributed by atoms with van der Waals surface area (Å²) in [6.45, 7) is 1.49. The summed E-state index contributed by atoms with van der Waals surface area (Å²) in [4.78, 5) is 24.4. The minimum absolute atomic E-state index is 0.0351. The van der Waals surface area contributed by atoms with Gasteiger partial charge in [0.25, 0.3) is 11.8 Å². The zero-order valence-electron chi connectivity index (χ0n) is 14.4. The minimum atomic E-state index is -4.63. The second-order valence-electron chi connectivity index (χ2n) is 5.92. The van der Waals surface area contributed by atoms with E-state index in [1.807, 2.05) is 0 Å². The number of carbonyl (C=O) groups excluding carboxylic acids is 2. The second kappa shape index (κ2) is 8.40. The number of quaternary nitrogens is 1. The molecule has 146 valence electrons. The van der Waals surface area contributed by atoms with Gasteiger partial charge in [-0.15, -0.1) is 0 Å². The molecule has 11 heteroatoms. The van der Waals surface area contributed by atoms with E-state index in [1.54, 1.807) is 20.0 Å². The Balaban J connectivity index is 1.88. The molecule has 1 unspecified atom stereocenters. The third-order valence-corrected chi connectivity index (χ3v) is 3.71. The minimum Gasteiger partial charge on any atom is -0.360 e. The van der Waals surface area contributed by atoms with Crippen LogP contribution >= 0.6 is 11.6 Å². The van der Waals surface area contributed by atoms with Crippen molar-refractivity contribution >= 4 is 34.9 Å². The number of likely N-dealkylation sites (N-methyl/N-ethyl adjacent to an activating group) is 1. The summed E-state index contributed by atoms with van der Waals surface area (Å²) in [6, 6.07) is 4.63. The van der Waals surface area contributed by atoms with Gasteiger partial charge in [0, 0.05) is 11.8 Å². The van der Waals surface area contributed by atoms with Crippen LogP contribution in [0.4, 0.5) is 24.7 Å². The molecule has 0 saturated heterocycles. The van der Waals surface area contributed by atoms with Crippen molar-refractivity contribution in [3.05, 3.63) is 40.6 Å². The molecule has 1 heterocycles. The van der Waals surface area contributed by atoms with Crippen LogP contribution in [0.1, 0.15) is 11.3 Å². The summed E-state index contributed by atoms with van der Waals surface area (Å²) in [5, 5.41) is 8.03. The largest absolute Gasteiger partial charge is 0.417 e. The lowest BCUT2D eigenvalue weighted by molar-refractivity contribution is -0.862. The summed E-state index contributed by atoms with van der Waals surface area (Å²) in [6.07, 6.45) is -4.63. The van der Waals surface area contributed by atoms with Crippen molar-refractivity contribution in [2.24, 2.45) is 0 Å². The molecule has 0 aliphatic carbocycles. The van der Waals surface area contributed by atoms with Gasteiger partial charge < -0.3 is 20.1 Å². The first-order chi connectivity index (χ1) is 12.5. The highest BCUT2D eigenvalue weighted by Crippen LogP contribution is 2.36. The number of benzene rings is 1. The Bertz CT molecular complexity index is 839. The normalized spacial score (nSPS) is 12.5. The summed E-state index contributed by atoms with van der Waals surface area (Å²) >= 11 is 5.53. The monoisotopic (exact) mass is 405 g/mol. The molecule has 3 N–H and O–H groups in total. The molecule has 2 aromatic rings. The predicted octanol–water partition coefficient (Wildman–Crippen LogP) is 1.75. The fourth-order valence-corrected chi connectivity index (χ4v) is 2.47. The topological polar surface area (TPSA) is 88.7 Å². The van der Waals surface area contributed by atoms with Crippen molar-refractivity contribution in [2.75, 3.05) is 30.8 Å². The first kappa shape index (κ1) is 20.7. The van der Waals surface area contributed by atoms with Gasteiger partial charge in [-0.05, 0) is 25.1 Å². The van der Waals surface area contributed by atoms with E-state index in [0.717, 1.165) is 12.1 Å². The summed E-state index contributed by atoms with van der Waals surface area (Å²) in [7, 11) is 1.59. The summed E-state index contributed by atoms with van der Waals surface area (Å²) in [5.41, 5.74) is -1.07. The van der Waals surface area contributed by atoms with E-state index in [-0.39, 0.29) is 30.5 Å². The highest BCUT2D eigenvalue weighted by molar-refractivity contribution is 6.31. The maximum absolute atomic E-state index is 12.8. The smallest absolute Gasteiger partial charge is 0.360 e. The quantitative estimate of drug-likeness (QED) is 0.683. The number of nitrogens with zero attached hydrogens (tertiary/aromatic N) is 1. The van der Waals surface area contributed by atoms with Crippen LogP contribution in [0, 0.1) is 6.92 Å². The molecule has 27 heavy (non-hydrogen) atoms. The van der Waals surface area contributed by atoms with Crippen LogP contribution < -0.4 is 15.5 Å². The standard InChI is InChI=1S/C16H16ClF3N4O3/c1-9-5-13(23-27-9)22-15(26)8-24(2)7-14(25)21-10-3-4-12(17)11(6-10)16(18,19)20/h3-6H,7-8H2,1-2H3,(H,21,25)(H,22,23,26)/p+1. The van der Waals surface area contributed by atoms with Gasteiger partial charge in [0.1, 0.15) is 5.76 Å². The van der Waals surface area contributed by atoms with Crippen LogP contribution in [0.2, 0.25) is 5.02 Å². The second-order valence-corrected chi connectivity index (χ2v) is 6.33. The average molecular weight is 406 g/mol. The number of amides is 2. The van der Waals surface area contributed by atoms with Crippen LogP contribution in [-0.2, 0) is 15.8 Å². The van der Waals surface area contributed by atoms with Crippen molar-refractivity contribution in [3.8, 4) is 0 Å². The first-order valence-electron chi connectivity index (χ1n) is 7.75. The predicted molar refractivity (Wildman–Crippen MR) is 91.6 cm³/mol. The molecule has 0 aliphatic rings. The van der Waals surface area contributed by atoms with Crippen molar-refractivity contribution in [3.63, 3.8) is 0 Å². The lowest BCUT2D eigenvalue weighted by Gasteiger charge is -2.14. The molecule has 0 radical (unpaired) electrons. The molecule has 1 aromatic carbocycles. The van der Waals surface area contributed by atoms with Crippen molar-refractivity contribution in [2.45, 2.75) is 13.1 Å². The number of halogens is 4. The maximum atomic E-state index is 12.8. The third-order valence-electron chi connectivity index (χ3n) is 3.38. The molecule has 0 fully saturated rings. The van der Waals surface area contributed by atoms with E-state index < -0.39 is 22.7 Å². The average Bonchev–Trinajstić information content (AvgIpc) is 2.92. The van der Waals surface area contributed by atoms with Crippen LogP contribution in [0.5, 0.6) is 0 Å². The number of hydrogen-bond donors (Lipinski definition) is 3. The van der Waals surface area contributed by atoms with Crippen LogP contribution in [0.3, 0.4) is 0 Å². The number of carbonyl (C=O) groups is 2. The Kier molecular flexibility index (Phi) is 6.45. The van der Waals surface area contributed by atoms with Gasteiger partial charge in [-0.25, -0.2) is 0 Å². The van der Waals surface area contributed by atoms with Gasteiger partial charge in [-0.1, -0.05) is 16.8 Å². The highest BCUT2D eigenvalue weighted by Gasteiger charge is 2.33. The zero-order chi connectivity index (χ0) is 20.2. The van der Waals surface area contributed by atoms with Gasteiger partial charge >= 0.3 is 6.18 Å². The van der Waals surface area contributed by atoms with Gasteiger partial charge in [0.05, 0.1) is 17.6 Å².